The molecule has 0 unspecified atom stereocenters. The lowest BCUT2D eigenvalue weighted by Crippen LogP contribution is -2.46. The van der Waals surface area contributed by atoms with Gasteiger partial charge in [-0.3, -0.25) is 4.90 Å². The number of halogens is 1. The van der Waals surface area contributed by atoms with E-state index >= 15 is 0 Å². The molecule has 4 N–H and O–H groups in total. The molecule has 2 aromatic carbocycles. The van der Waals surface area contributed by atoms with Crippen LogP contribution in [0.3, 0.4) is 0 Å². The summed E-state index contributed by atoms with van der Waals surface area (Å²) in [5.74, 6) is 0.645. The summed E-state index contributed by atoms with van der Waals surface area (Å²) in [6, 6.07) is 14.0. The molecule has 6 nitrogen and oxygen atoms in total. The van der Waals surface area contributed by atoms with Crippen LogP contribution in [0, 0.1) is 0 Å². The molecule has 134 valence electrons. The number of anilines is 3. The fourth-order valence-electron chi connectivity index (χ4n) is 3.47. The van der Waals surface area contributed by atoms with Gasteiger partial charge in [-0.15, -0.1) is 0 Å². The van der Waals surface area contributed by atoms with Crippen molar-refractivity contribution < 1.29 is 0 Å². The van der Waals surface area contributed by atoms with E-state index in [1.165, 1.54) is 5.56 Å². The number of nitrogens with zero attached hydrogens (tertiary/aromatic N) is 4. The molecule has 4 rings (SSSR count). The molecule has 26 heavy (non-hydrogen) atoms. The Hall–Kier alpha value is -2.57. The Labute approximate surface area is 157 Å². The van der Waals surface area contributed by atoms with E-state index < -0.39 is 0 Å². The SMILES string of the molecule is Nc1nc(N)c2c(N3CCN(Cc4ccc(Cl)cc4)CC3)cccc2n1. The number of piperazine rings is 1. The van der Waals surface area contributed by atoms with Gasteiger partial charge in [-0.2, -0.15) is 4.98 Å². The second-order valence-corrected chi connectivity index (χ2v) is 6.96. The van der Waals surface area contributed by atoms with Crippen molar-refractivity contribution in [3.63, 3.8) is 0 Å². The Balaban J connectivity index is 1.50. The number of fused-ring (bicyclic) bond motifs is 1. The summed E-state index contributed by atoms with van der Waals surface area (Å²) >= 11 is 5.96. The first-order valence-electron chi connectivity index (χ1n) is 8.63. The zero-order chi connectivity index (χ0) is 18.1. The Morgan fingerprint density at radius 1 is 0.923 bits per heavy atom. The smallest absolute Gasteiger partial charge is 0.222 e. The van der Waals surface area contributed by atoms with Crippen LogP contribution in [0.2, 0.25) is 5.02 Å². The van der Waals surface area contributed by atoms with Gasteiger partial charge in [-0.05, 0) is 29.8 Å². The summed E-state index contributed by atoms with van der Waals surface area (Å²) < 4.78 is 0. The van der Waals surface area contributed by atoms with Crippen LogP contribution in [0.5, 0.6) is 0 Å². The third kappa shape index (κ3) is 3.38. The van der Waals surface area contributed by atoms with E-state index in [-0.39, 0.29) is 5.95 Å². The summed E-state index contributed by atoms with van der Waals surface area (Å²) in [6.45, 7) is 4.75. The second-order valence-electron chi connectivity index (χ2n) is 6.53. The van der Waals surface area contributed by atoms with Gasteiger partial charge in [0.05, 0.1) is 10.9 Å². The van der Waals surface area contributed by atoms with Crippen LogP contribution in [0.4, 0.5) is 17.5 Å². The minimum Gasteiger partial charge on any atom is -0.383 e. The van der Waals surface area contributed by atoms with E-state index in [0.29, 0.717) is 5.82 Å². The Morgan fingerprint density at radius 3 is 2.38 bits per heavy atom. The summed E-state index contributed by atoms with van der Waals surface area (Å²) in [6.07, 6.45) is 0. The number of hydrogen-bond acceptors (Lipinski definition) is 6. The molecule has 0 bridgehead atoms. The molecule has 0 spiro atoms. The molecule has 0 radical (unpaired) electrons. The van der Waals surface area contributed by atoms with Crippen molar-refractivity contribution in [3.8, 4) is 0 Å². The van der Waals surface area contributed by atoms with Gasteiger partial charge in [0.2, 0.25) is 5.95 Å². The fourth-order valence-corrected chi connectivity index (χ4v) is 3.60. The summed E-state index contributed by atoms with van der Waals surface area (Å²) in [5.41, 5.74) is 15.0. The van der Waals surface area contributed by atoms with Crippen molar-refractivity contribution in [2.45, 2.75) is 6.54 Å². The van der Waals surface area contributed by atoms with Crippen molar-refractivity contribution >= 4 is 40.0 Å². The monoisotopic (exact) mass is 368 g/mol. The van der Waals surface area contributed by atoms with Gasteiger partial charge in [0.25, 0.3) is 0 Å². The van der Waals surface area contributed by atoms with E-state index in [0.717, 1.165) is 54.3 Å². The highest BCUT2D eigenvalue weighted by atomic mass is 35.5. The lowest BCUT2D eigenvalue weighted by Gasteiger charge is -2.36. The molecule has 3 aromatic rings. The standard InChI is InChI=1S/C19H21ClN6/c20-14-6-4-13(5-7-14)12-25-8-10-26(11-9-25)16-3-1-2-15-17(16)18(21)24-19(22)23-15/h1-7H,8-12H2,(H4,21,22,23,24). The van der Waals surface area contributed by atoms with E-state index in [2.05, 4.69) is 38.0 Å². The maximum Gasteiger partial charge on any atom is 0.222 e. The van der Waals surface area contributed by atoms with Gasteiger partial charge in [0, 0.05) is 43.4 Å². The highest BCUT2D eigenvalue weighted by molar-refractivity contribution is 6.30. The number of nitrogen functional groups attached to an aromatic ring is 2. The van der Waals surface area contributed by atoms with Crippen molar-refractivity contribution in [2.75, 3.05) is 42.5 Å². The molecular formula is C19H21ClN6. The molecule has 2 heterocycles. The van der Waals surface area contributed by atoms with Crippen molar-refractivity contribution in [1.29, 1.82) is 0 Å². The van der Waals surface area contributed by atoms with Crippen LogP contribution in [0.15, 0.2) is 42.5 Å². The van der Waals surface area contributed by atoms with Crippen LogP contribution in [0.25, 0.3) is 10.9 Å². The number of hydrogen-bond donors (Lipinski definition) is 2. The van der Waals surface area contributed by atoms with Crippen LogP contribution in [-0.4, -0.2) is 41.0 Å². The van der Waals surface area contributed by atoms with Crippen LogP contribution in [-0.2, 0) is 6.54 Å². The van der Waals surface area contributed by atoms with Gasteiger partial charge in [-0.25, -0.2) is 4.98 Å². The molecule has 0 saturated carbocycles. The maximum absolute atomic E-state index is 6.13. The zero-order valence-corrected chi connectivity index (χ0v) is 15.2. The Bertz CT molecular complexity index is 919. The Kier molecular flexibility index (Phi) is 4.53. The summed E-state index contributed by atoms with van der Waals surface area (Å²) in [4.78, 5) is 13.2. The lowest BCUT2D eigenvalue weighted by molar-refractivity contribution is 0.250. The molecule has 0 amide bonds. The first-order valence-corrected chi connectivity index (χ1v) is 9.01. The molecule has 0 aliphatic carbocycles. The minimum absolute atomic E-state index is 0.208. The largest absolute Gasteiger partial charge is 0.383 e. The molecule has 7 heteroatoms. The molecule has 1 aromatic heterocycles. The molecule has 1 aliphatic rings. The van der Waals surface area contributed by atoms with E-state index in [9.17, 15) is 0 Å². The summed E-state index contributed by atoms with van der Waals surface area (Å²) in [7, 11) is 0. The third-order valence-electron chi connectivity index (χ3n) is 4.78. The average Bonchev–Trinajstić information content (AvgIpc) is 2.63. The van der Waals surface area contributed by atoms with Gasteiger partial charge < -0.3 is 16.4 Å². The highest BCUT2D eigenvalue weighted by Crippen LogP contribution is 2.30. The quantitative estimate of drug-likeness (QED) is 0.739. The molecule has 1 saturated heterocycles. The lowest BCUT2D eigenvalue weighted by atomic mass is 10.1. The topological polar surface area (TPSA) is 84.3 Å². The van der Waals surface area contributed by atoms with E-state index in [1.54, 1.807) is 0 Å². The van der Waals surface area contributed by atoms with E-state index in [1.807, 2.05) is 24.3 Å². The van der Waals surface area contributed by atoms with Crippen molar-refractivity contribution in [3.05, 3.63) is 53.1 Å². The van der Waals surface area contributed by atoms with Crippen molar-refractivity contribution in [1.82, 2.24) is 14.9 Å². The van der Waals surface area contributed by atoms with Gasteiger partial charge >= 0.3 is 0 Å². The molecular weight excluding hydrogens is 348 g/mol. The number of benzene rings is 2. The number of nitrogens with two attached hydrogens (primary N) is 2. The summed E-state index contributed by atoms with van der Waals surface area (Å²) in [5, 5.41) is 1.66. The minimum atomic E-state index is 0.208. The normalized spacial score (nSPS) is 15.5. The first kappa shape index (κ1) is 16.9. The van der Waals surface area contributed by atoms with Gasteiger partial charge in [0.15, 0.2) is 0 Å². The second kappa shape index (κ2) is 6.97. The molecule has 1 fully saturated rings. The molecule has 1 aliphatic heterocycles. The first-order chi connectivity index (χ1) is 12.6. The van der Waals surface area contributed by atoms with E-state index in [4.69, 9.17) is 23.1 Å². The predicted molar refractivity (Wildman–Crippen MR) is 107 cm³/mol. The Morgan fingerprint density at radius 2 is 1.65 bits per heavy atom. The van der Waals surface area contributed by atoms with Gasteiger partial charge in [-0.1, -0.05) is 29.8 Å². The van der Waals surface area contributed by atoms with Crippen molar-refractivity contribution in [2.24, 2.45) is 0 Å². The van der Waals surface area contributed by atoms with Gasteiger partial charge in [0.1, 0.15) is 5.82 Å². The molecule has 0 atom stereocenters. The van der Waals surface area contributed by atoms with Crippen LogP contribution < -0.4 is 16.4 Å². The third-order valence-corrected chi connectivity index (χ3v) is 5.03. The van der Waals surface area contributed by atoms with Crippen LogP contribution in [0.1, 0.15) is 5.56 Å². The zero-order valence-electron chi connectivity index (χ0n) is 14.4. The number of rotatable bonds is 3. The predicted octanol–water partition coefficient (Wildman–Crippen LogP) is 2.77. The highest BCUT2D eigenvalue weighted by Gasteiger charge is 2.20. The fraction of sp³-hybridized carbons (Fsp3) is 0.263. The maximum atomic E-state index is 6.13. The number of aromatic nitrogens is 2. The van der Waals surface area contributed by atoms with Crippen LogP contribution >= 0.6 is 11.6 Å². The average molecular weight is 369 g/mol.